The average Bonchev–Trinajstić information content (AvgIpc) is 3.41. The predicted molar refractivity (Wildman–Crippen MR) is 140 cm³/mol. The molecule has 1 saturated heterocycles. The van der Waals surface area contributed by atoms with E-state index in [0.29, 0.717) is 49.1 Å². The summed E-state index contributed by atoms with van der Waals surface area (Å²) in [5, 5.41) is 11.3. The second-order valence-electron chi connectivity index (χ2n) is 9.09. The number of fused-ring (bicyclic) bond motifs is 2. The molecule has 6 rings (SSSR count). The summed E-state index contributed by atoms with van der Waals surface area (Å²) in [6, 6.07) is 18.7. The highest BCUT2D eigenvalue weighted by molar-refractivity contribution is 5.92. The Bertz CT molecular complexity index is 1490. The van der Waals surface area contributed by atoms with E-state index < -0.39 is 0 Å². The van der Waals surface area contributed by atoms with Gasteiger partial charge in [0.15, 0.2) is 17.3 Å². The SMILES string of the molecule is Cc1ccc2c(N3CCN(C(=O)OCc4cccc5c4OCO5)CC3)nc(-c3ccccc3O)nc2c1.[HH]. The van der Waals surface area contributed by atoms with Crippen molar-refractivity contribution in [3.8, 4) is 28.6 Å². The Labute approximate surface area is 215 Å². The van der Waals surface area contributed by atoms with Gasteiger partial charge in [0, 0.05) is 38.6 Å². The van der Waals surface area contributed by atoms with Crippen molar-refractivity contribution in [2.75, 3.05) is 37.9 Å². The maximum Gasteiger partial charge on any atom is 0.410 e. The lowest BCUT2D eigenvalue weighted by molar-refractivity contribution is 0.0931. The number of carbonyl (C=O) groups is 1. The maximum atomic E-state index is 12.8. The highest BCUT2D eigenvalue weighted by Crippen LogP contribution is 2.36. The largest absolute Gasteiger partial charge is 0.507 e. The number of nitrogens with zero attached hydrogens (tertiary/aromatic N) is 4. The fourth-order valence-electron chi connectivity index (χ4n) is 4.68. The number of piperazine rings is 1. The summed E-state index contributed by atoms with van der Waals surface area (Å²) in [7, 11) is 0. The van der Waals surface area contributed by atoms with E-state index in [2.05, 4.69) is 4.90 Å². The molecule has 190 valence electrons. The number of hydrogen-bond acceptors (Lipinski definition) is 8. The van der Waals surface area contributed by atoms with E-state index in [1.165, 1.54) is 0 Å². The molecule has 0 aliphatic carbocycles. The predicted octanol–water partition coefficient (Wildman–Crippen LogP) is 4.74. The van der Waals surface area contributed by atoms with Crippen molar-refractivity contribution in [1.29, 1.82) is 0 Å². The molecule has 0 bridgehead atoms. The van der Waals surface area contributed by atoms with Crippen LogP contribution >= 0.6 is 0 Å². The highest BCUT2D eigenvalue weighted by Gasteiger charge is 2.26. The van der Waals surface area contributed by atoms with Crippen LogP contribution in [0.2, 0.25) is 0 Å². The molecule has 9 nitrogen and oxygen atoms in total. The normalized spacial score (nSPS) is 14.7. The van der Waals surface area contributed by atoms with Gasteiger partial charge in [-0.3, -0.25) is 0 Å². The Hall–Kier alpha value is -4.53. The molecule has 1 aromatic heterocycles. The number of carbonyl (C=O) groups excluding carboxylic acids is 1. The van der Waals surface area contributed by atoms with Gasteiger partial charge in [0.05, 0.1) is 11.1 Å². The molecule has 0 saturated carbocycles. The number of aromatic hydroxyl groups is 1. The molecule has 9 heteroatoms. The molecule has 37 heavy (non-hydrogen) atoms. The van der Waals surface area contributed by atoms with Crippen LogP contribution in [-0.4, -0.2) is 59.0 Å². The number of benzene rings is 3. The summed E-state index contributed by atoms with van der Waals surface area (Å²) in [5.74, 6) is 2.68. The third-order valence-corrected chi connectivity index (χ3v) is 6.64. The lowest BCUT2D eigenvalue weighted by Crippen LogP contribution is -2.49. The number of ether oxygens (including phenoxy) is 3. The second-order valence-corrected chi connectivity index (χ2v) is 9.09. The summed E-state index contributed by atoms with van der Waals surface area (Å²) >= 11 is 0. The van der Waals surface area contributed by atoms with Crippen molar-refractivity contribution in [1.82, 2.24) is 14.9 Å². The molecule has 0 radical (unpaired) electrons. The summed E-state index contributed by atoms with van der Waals surface area (Å²) in [4.78, 5) is 26.3. The van der Waals surface area contributed by atoms with Crippen molar-refractivity contribution >= 4 is 22.8 Å². The van der Waals surface area contributed by atoms with Crippen LogP contribution in [-0.2, 0) is 11.3 Å². The number of rotatable bonds is 4. The van der Waals surface area contributed by atoms with E-state index in [1.807, 2.05) is 55.5 Å². The molecule has 1 N–H and O–H groups in total. The minimum atomic E-state index is -0.366. The molecule has 2 aliphatic rings. The Kier molecular flexibility index (Phi) is 5.88. The number of aryl methyl sites for hydroxylation is 1. The number of phenolic OH excluding ortho intramolecular Hbond substituents is 1. The van der Waals surface area contributed by atoms with Crippen LogP contribution in [0.4, 0.5) is 10.6 Å². The van der Waals surface area contributed by atoms with Gasteiger partial charge in [-0.2, -0.15) is 0 Å². The Morgan fingerprint density at radius 3 is 2.70 bits per heavy atom. The van der Waals surface area contributed by atoms with E-state index in [4.69, 9.17) is 24.2 Å². The average molecular weight is 501 g/mol. The lowest BCUT2D eigenvalue weighted by atomic mass is 10.1. The lowest BCUT2D eigenvalue weighted by Gasteiger charge is -2.35. The van der Waals surface area contributed by atoms with Gasteiger partial charge in [-0.1, -0.05) is 30.3 Å². The molecule has 0 unspecified atom stereocenters. The molecule has 1 amide bonds. The van der Waals surface area contributed by atoms with Crippen molar-refractivity contribution < 1.29 is 25.5 Å². The topological polar surface area (TPSA) is 97.3 Å². The first-order valence-corrected chi connectivity index (χ1v) is 12.2. The van der Waals surface area contributed by atoms with Crippen molar-refractivity contribution in [3.63, 3.8) is 0 Å². The summed E-state index contributed by atoms with van der Waals surface area (Å²) in [6.45, 7) is 4.48. The van der Waals surface area contributed by atoms with E-state index in [-0.39, 0.29) is 26.7 Å². The quantitative estimate of drug-likeness (QED) is 0.429. The highest BCUT2D eigenvalue weighted by atomic mass is 16.7. The van der Waals surface area contributed by atoms with Gasteiger partial charge in [-0.15, -0.1) is 0 Å². The van der Waals surface area contributed by atoms with Crippen LogP contribution in [0.3, 0.4) is 0 Å². The van der Waals surface area contributed by atoms with E-state index >= 15 is 0 Å². The molecule has 3 aromatic carbocycles. The van der Waals surface area contributed by atoms with Gasteiger partial charge in [-0.25, -0.2) is 14.8 Å². The van der Waals surface area contributed by atoms with Crippen LogP contribution in [0.25, 0.3) is 22.3 Å². The van der Waals surface area contributed by atoms with Gasteiger partial charge >= 0.3 is 6.09 Å². The standard InChI is InChI=1S/C28H26N4O5.H2/c1-18-9-10-20-22(15-18)29-26(21-6-2-3-7-23(21)33)30-27(20)31-11-13-32(14-12-31)28(34)35-16-19-5-4-8-24-25(19)37-17-36-24;/h2-10,15,33H,11-14,16-17H2,1H3;1H. The Balaban J connectivity index is 0.00000294. The van der Waals surface area contributed by atoms with Gasteiger partial charge in [0.25, 0.3) is 0 Å². The molecular formula is C28H28N4O5. The van der Waals surface area contributed by atoms with Gasteiger partial charge in [0.2, 0.25) is 6.79 Å². The van der Waals surface area contributed by atoms with E-state index in [9.17, 15) is 9.90 Å². The number of para-hydroxylation sites is 2. The fourth-order valence-corrected chi connectivity index (χ4v) is 4.68. The van der Waals surface area contributed by atoms with Gasteiger partial charge < -0.3 is 29.1 Å². The van der Waals surface area contributed by atoms with Crippen molar-refractivity contribution in [2.45, 2.75) is 13.5 Å². The monoisotopic (exact) mass is 500 g/mol. The fraction of sp³-hybridized carbons (Fsp3) is 0.250. The molecule has 2 aliphatic heterocycles. The molecule has 3 heterocycles. The summed E-state index contributed by atoms with van der Waals surface area (Å²) in [5.41, 5.74) is 3.26. The number of amides is 1. The van der Waals surface area contributed by atoms with Crippen LogP contribution in [0, 0.1) is 6.92 Å². The first-order chi connectivity index (χ1) is 18.1. The van der Waals surface area contributed by atoms with Crippen LogP contribution in [0.15, 0.2) is 60.7 Å². The minimum absolute atomic E-state index is 0. The molecule has 4 aromatic rings. The van der Waals surface area contributed by atoms with Crippen molar-refractivity contribution in [3.05, 3.63) is 71.8 Å². The van der Waals surface area contributed by atoms with Crippen LogP contribution in [0.5, 0.6) is 17.2 Å². The zero-order chi connectivity index (χ0) is 25.4. The van der Waals surface area contributed by atoms with Crippen LogP contribution < -0.4 is 14.4 Å². The zero-order valence-corrected chi connectivity index (χ0v) is 20.4. The third kappa shape index (κ3) is 4.44. The van der Waals surface area contributed by atoms with Gasteiger partial charge in [0.1, 0.15) is 18.2 Å². The van der Waals surface area contributed by atoms with E-state index in [0.717, 1.165) is 27.8 Å². The number of phenols is 1. The first kappa shape index (κ1) is 22.9. The first-order valence-electron chi connectivity index (χ1n) is 12.2. The second kappa shape index (κ2) is 9.50. The van der Waals surface area contributed by atoms with Gasteiger partial charge in [-0.05, 0) is 42.8 Å². The number of anilines is 1. The maximum absolute atomic E-state index is 12.8. The van der Waals surface area contributed by atoms with Crippen LogP contribution in [0.1, 0.15) is 12.6 Å². The van der Waals surface area contributed by atoms with E-state index in [1.54, 1.807) is 17.0 Å². The number of aromatic nitrogens is 2. The molecule has 1 fully saturated rings. The molecular weight excluding hydrogens is 472 g/mol. The zero-order valence-electron chi connectivity index (χ0n) is 20.4. The minimum Gasteiger partial charge on any atom is -0.507 e. The smallest absolute Gasteiger partial charge is 0.410 e. The number of hydrogen-bond donors (Lipinski definition) is 1. The summed E-state index contributed by atoms with van der Waals surface area (Å²) in [6.07, 6.45) is -0.366. The Morgan fingerprint density at radius 2 is 1.86 bits per heavy atom. The molecule has 0 atom stereocenters. The van der Waals surface area contributed by atoms with Crippen molar-refractivity contribution in [2.24, 2.45) is 0 Å². The third-order valence-electron chi connectivity index (χ3n) is 6.64. The summed E-state index contributed by atoms with van der Waals surface area (Å²) < 4.78 is 16.5. The molecule has 0 spiro atoms. The Morgan fingerprint density at radius 1 is 1.03 bits per heavy atom.